The highest BCUT2D eigenvalue weighted by Gasteiger charge is 2.40. The van der Waals surface area contributed by atoms with Crippen LogP contribution in [0.15, 0.2) is 79.1 Å². The molecule has 0 bridgehead atoms. The van der Waals surface area contributed by atoms with Gasteiger partial charge in [0.2, 0.25) is 5.91 Å². The van der Waals surface area contributed by atoms with Gasteiger partial charge in [0.25, 0.3) is 5.91 Å². The number of anilines is 1. The van der Waals surface area contributed by atoms with Gasteiger partial charge in [-0.3, -0.25) is 14.6 Å². The second kappa shape index (κ2) is 11.6. The van der Waals surface area contributed by atoms with Gasteiger partial charge in [-0.1, -0.05) is 42.5 Å². The Morgan fingerprint density at radius 3 is 2.43 bits per heavy atom. The van der Waals surface area contributed by atoms with Crippen molar-refractivity contribution in [2.75, 3.05) is 25.1 Å². The van der Waals surface area contributed by atoms with E-state index in [1.165, 1.54) is 0 Å². The summed E-state index contributed by atoms with van der Waals surface area (Å²) in [5.41, 5.74) is 3.45. The van der Waals surface area contributed by atoms with Crippen LogP contribution in [0.3, 0.4) is 0 Å². The number of ether oxygens (including phenoxy) is 2. The topological polar surface area (TPSA) is 101 Å². The van der Waals surface area contributed by atoms with Gasteiger partial charge >= 0.3 is 0 Å². The molecule has 0 saturated carbocycles. The molecule has 5 rings (SSSR count). The second-order valence-corrected chi connectivity index (χ2v) is 9.52. The van der Waals surface area contributed by atoms with Crippen molar-refractivity contribution >= 4 is 17.5 Å². The lowest BCUT2D eigenvalue weighted by atomic mass is 9.94. The number of aromatic nitrogens is 1. The fourth-order valence-corrected chi connectivity index (χ4v) is 5.03. The standard InChI is InChI=1S/C29H31N3O5/c33-24-17-32(29(35)22-12-14-30-15-13-22)26-11-10-25(37-27(26)19-36-18-24)16-28(34)31-23-8-6-21(7-9-23)20-4-2-1-3-5-20/h1-9,12-15,24-27,33H,10-11,16-19H2,(H,31,34)/t24-,25-,26+,27-/m0/s1. The van der Waals surface area contributed by atoms with Gasteiger partial charge in [0, 0.05) is 30.2 Å². The van der Waals surface area contributed by atoms with Gasteiger partial charge in [0.15, 0.2) is 0 Å². The van der Waals surface area contributed by atoms with Crippen LogP contribution >= 0.6 is 0 Å². The zero-order valence-electron chi connectivity index (χ0n) is 20.5. The van der Waals surface area contributed by atoms with Gasteiger partial charge in [-0.15, -0.1) is 0 Å². The lowest BCUT2D eigenvalue weighted by Crippen LogP contribution is -2.57. The fourth-order valence-electron chi connectivity index (χ4n) is 5.03. The summed E-state index contributed by atoms with van der Waals surface area (Å²) < 4.78 is 12.0. The lowest BCUT2D eigenvalue weighted by molar-refractivity contribution is -0.149. The molecule has 2 aromatic carbocycles. The second-order valence-electron chi connectivity index (χ2n) is 9.52. The predicted octanol–water partition coefficient (Wildman–Crippen LogP) is 3.53. The molecule has 3 heterocycles. The van der Waals surface area contributed by atoms with Crippen LogP contribution in [-0.2, 0) is 14.3 Å². The third-order valence-electron chi connectivity index (χ3n) is 6.86. The third kappa shape index (κ3) is 6.22. The van der Waals surface area contributed by atoms with Gasteiger partial charge in [0.1, 0.15) is 6.10 Å². The monoisotopic (exact) mass is 501 g/mol. The Morgan fingerprint density at radius 2 is 1.68 bits per heavy atom. The first-order valence-corrected chi connectivity index (χ1v) is 12.6. The maximum Gasteiger partial charge on any atom is 0.254 e. The fraction of sp³-hybridized carbons (Fsp3) is 0.345. The smallest absolute Gasteiger partial charge is 0.254 e. The van der Waals surface area contributed by atoms with Crippen molar-refractivity contribution in [3.8, 4) is 11.1 Å². The molecule has 0 aliphatic carbocycles. The Bertz CT molecular complexity index is 1190. The highest BCUT2D eigenvalue weighted by atomic mass is 16.5. The minimum atomic E-state index is -0.775. The molecule has 8 nitrogen and oxygen atoms in total. The predicted molar refractivity (Wildman–Crippen MR) is 139 cm³/mol. The van der Waals surface area contributed by atoms with Crippen LogP contribution < -0.4 is 5.32 Å². The Morgan fingerprint density at radius 1 is 0.946 bits per heavy atom. The Balaban J connectivity index is 1.20. The molecule has 0 radical (unpaired) electrons. The molecule has 2 saturated heterocycles. The van der Waals surface area contributed by atoms with Crippen LogP contribution in [0.4, 0.5) is 5.69 Å². The molecule has 2 aliphatic heterocycles. The zero-order valence-corrected chi connectivity index (χ0v) is 20.5. The highest BCUT2D eigenvalue weighted by molar-refractivity contribution is 5.94. The van der Waals surface area contributed by atoms with Crippen molar-refractivity contribution in [2.45, 2.75) is 43.6 Å². The van der Waals surface area contributed by atoms with Gasteiger partial charge in [-0.2, -0.15) is 0 Å². The third-order valence-corrected chi connectivity index (χ3v) is 6.86. The first-order valence-electron chi connectivity index (χ1n) is 12.6. The SMILES string of the molecule is O=C(C[C@@H]1CC[C@@H]2[C@H](COC[C@@H](O)CN2C(=O)c2ccncc2)O1)Nc1ccc(-c2ccccc2)cc1. The first-order chi connectivity index (χ1) is 18.1. The van der Waals surface area contributed by atoms with Crippen LogP contribution in [0, 0.1) is 0 Å². The van der Waals surface area contributed by atoms with Crippen molar-refractivity contribution in [3.05, 3.63) is 84.7 Å². The zero-order chi connectivity index (χ0) is 25.6. The molecular formula is C29H31N3O5. The minimum Gasteiger partial charge on any atom is -0.389 e. The first kappa shape index (κ1) is 25.1. The van der Waals surface area contributed by atoms with Gasteiger partial charge in [-0.25, -0.2) is 0 Å². The largest absolute Gasteiger partial charge is 0.389 e. The van der Waals surface area contributed by atoms with E-state index in [2.05, 4.69) is 10.3 Å². The van der Waals surface area contributed by atoms with Crippen LogP contribution in [0.5, 0.6) is 0 Å². The van der Waals surface area contributed by atoms with Gasteiger partial charge in [0.05, 0.1) is 37.9 Å². The summed E-state index contributed by atoms with van der Waals surface area (Å²) in [4.78, 5) is 31.7. The summed E-state index contributed by atoms with van der Waals surface area (Å²) in [6, 6.07) is 20.9. The number of rotatable bonds is 5. The molecule has 2 aliphatic rings. The molecular weight excluding hydrogens is 470 g/mol. The number of aliphatic hydroxyl groups excluding tert-OH is 1. The van der Waals surface area contributed by atoms with Crippen LogP contribution in [0.1, 0.15) is 29.6 Å². The van der Waals surface area contributed by atoms with E-state index in [4.69, 9.17) is 9.47 Å². The number of hydrogen-bond acceptors (Lipinski definition) is 6. The molecule has 8 heteroatoms. The van der Waals surface area contributed by atoms with E-state index in [0.29, 0.717) is 18.4 Å². The number of pyridine rings is 1. The summed E-state index contributed by atoms with van der Waals surface area (Å²) in [6.07, 6.45) is 3.21. The van der Waals surface area contributed by atoms with Crippen molar-refractivity contribution in [2.24, 2.45) is 0 Å². The summed E-state index contributed by atoms with van der Waals surface area (Å²) >= 11 is 0. The lowest BCUT2D eigenvalue weighted by Gasteiger charge is -2.44. The van der Waals surface area contributed by atoms with E-state index in [1.54, 1.807) is 29.4 Å². The number of nitrogens with one attached hydrogen (secondary N) is 1. The van der Waals surface area contributed by atoms with E-state index in [1.807, 2.05) is 54.6 Å². The van der Waals surface area contributed by atoms with E-state index in [-0.39, 0.29) is 56.2 Å². The Kier molecular flexibility index (Phi) is 7.89. The number of β-amino-alcohol motifs (C(OH)–C–C–N with tert-alkyl or cyclic N) is 1. The molecule has 37 heavy (non-hydrogen) atoms. The van der Waals surface area contributed by atoms with E-state index in [9.17, 15) is 14.7 Å². The van der Waals surface area contributed by atoms with Crippen molar-refractivity contribution in [1.29, 1.82) is 0 Å². The molecule has 2 fully saturated rings. The van der Waals surface area contributed by atoms with Crippen LogP contribution in [-0.4, -0.2) is 70.9 Å². The number of benzene rings is 2. The molecule has 3 aromatic rings. The van der Waals surface area contributed by atoms with E-state index < -0.39 is 6.10 Å². The summed E-state index contributed by atoms with van der Waals surface area (Å²) in [5.74, 6) is -0.292. The molecule has 0 unspecified atom stereocenters. The number of nitrogens with zero attached hydrogens (tertiary/aromatic N) is 2. The normalized spacial score (nSPS) is 23.9. The van der Waals surface area contributed by atoms with Crippen molar-refractivity contribution in [3.63, 3.8) is 0 Å². The van der Waals surface area contributed by atoms with Crippen LogP contribution in [0.2, 0.25) is 0 Å². The molecule has 2 N–H and O–H groups in total. The van der Waals surface area contributed by atoms with Crippen molar-refractivity contribution in [1.82, 2.24) is 9.88 Å². The average Bonchev–Trinajstić information content (AvgIpc) is 2.92. The Labute approximate surface area is 216 Å². The van der Waals surface area contributed by atoms with Gasteiger partial charge < -0.3 is 24.8 Å². The number of amides is 2. The summed E-state index contributed by atoms with van der Waals surface area (Å²) in [5, 5.41) is 13.3. The number of fused-ring (bicyclic) bond motifs is 1. The highest BCUT2D eigenvalue weighted by Crippen LogP contribution is 2.29. The van der Waals surface area contributed by atoms with Gasteiger partial charge in [-0.05, 0) is 48.2 Å². The molecule has 1 aromatic heterocycles. The van der Waals surface area contributed by atoms with Crippen molar-refractivity contribution < 1.29 is 24.2 Å². The number of hydrogen-bond donors (Lipinski definition) is 2. The number of carbonyl (C=O) groups excluding carboxylic acids is 2. The molecule has 4 atom stereocenters. The van der Waals surface area contributed by atoms with E-state index in [0.717, 1.165) is 16.8 Å². The quantitative estimate of drug-likeness (QED) is 0.555. The minimum absolute atomic E-state index is 0.122. The Hall–Kier alpha value is -3.59. The number of aliphatic hydroxyl groups is 1. The number of carbonyl (C=O) groups is 2. The maximum absolute atomic E-state index is 13.3. The maximum atomic E-state index is 13.3. The average molecular weight is 502 g/mol. The molecule has 192 valence electrons. The van der Waals surface area contributed by atoms with Crippen LogP contribution in [0.25, 0.3) is 11.1 Å². The summed E-state index contributed by atoms with van der Waals surface area (Å²) in [6.45, 7) is 0.535. The molecule has 2 amide bonds. The summed E-state index contributed by atoms with van der Waals surface area (Å²) in [7, 11) is 0. The molecule has 0 spiro atoms. The van der Waals surface area contributed by atoms with E-state index >= 15 is 0 Å².